The van der Waals surface area contributed by atoms with Crippen LogP contribution in [0.3, 0.4) is 0 Å². The Morgan fingerprint density at radius 2 is 0.514 bits per heavy atom. The first kappa shape index (κ1) is 121. The molecule has 0 saturated heterocycles. The fraction of sp³-hybridized carbons (Fsp3) is 0.605. The molecule has 4 aliphatic rings. The Morgan fingerprint density at radius 1 is 0.315 bits per heavy atom. The molecule has 1 aromatic rings. The first-order valence-corrected chi connectivity index (χ1v) is 46.3. The lowest BCUT2D eigenvalue weighted by Crippen LogP contribution is -2.65. The minimum atomic E-state index is -1.93. The highest BCUT2D eigenvalue weighted by atomic mass is 16.6. The number of carbonyl (C=O) groups is 16. The van der Waals surface area contributed by atoms with Gasteiger partial charge in [0.15, 0.2) is 72.7 Å². The summed E-state index contributed by atoms with van der Waals surface area (Å²) in [6.45, 7) is -0.595. The number of carbonyl (C=O) groups excluding carboxylic acids is 12. The number of rotatable bonds is 60. The van der Waals surface area contributed by atoms with Gasteiger partial charge in [-0.2, -0.15) is 0 Å². The number of carboxylic acids is 4. The third kappa shape index (κ3) is 40.2. The van der Waals surface area contributed by atoms with Gasteiger partial charge in [-0.15, -0.1) is 0 Å². The van der Waals surface area contributed by atoms with Crippen LogP contribution >= 0.6 is 0 Å². The minimum Gasteiger partial charge on any atom is -0.477 e. The van der Waals surface area contributed by atoms with Crippen LogP contribution in [0.2, 0.25) is 0 Å². The van der Waals surface area contributed by atoms with E-state index in [0.29, 0.717) is 51.4 Å². The zero-order chi connectivity index (χ0) is 109. The van der Waals surface area contributed by atoms with Gasteiger partial charge < -0.3 is 208 Å². The van der Waals surface area contributed by atoms with E-state index in [2.05, 4.69) is 84.1 Å². The van der Waals surface area contributed by atoms with E-state index < -0.39 is 313 Å². The first-order chi connectivity index (χ1) is 69.1. The van der Waals surface area contributed by atoms with Gasteiger partial charge in [0.05, 0.1) is 97.0 Å². The number of ether oxygens (including phenoxy) is 8. The van der Waals surface area contributed by atoms with Crippen molar-refractivity contribution in [2.45, 2.75) is 252 Å². The summed E-state index contributed by atoms with van der Waals surface area (Å²) >= 11 is 0. The van der Waals surface area contributed by atoms with Gasteiger partial charge in [-0.1, -0.05) is 51.4 Å². The molecule has 0 aromatic heterocycles. The number of unbranched alkanes of at least 4 members (excludes halogenated alkanes) is 12. The summed E-state index contributed by atoms with van der Waals surface area (Å²) in [5, 5.41) is 164. The van der Waals surface area contributed by atoms with Gasteiger partial charge in [0.2, 0.25) is 46.7 Å². The second kappa shape index (κ2) is 61.8. The van der Waals surface area contributed by atoms with E-state index in [1.54, 1.807) is 0 Å². The third-order valence-corrected chi connectivity index (χ3v) is 22.1. The van der Waals surface area contributed by atoms with Gasteiger partial charge in [0.1, 0.15) is 24.4 Å². The number of aliphatic hydroxyl groups is 8. The van der Waals surface area contributed by atoms with E-state index in [-0.39, 0.29) is 104 Å². The summed E-state index contributed by atoms with van der Waals surface area (Å²) in [4.78, 5) is 222. The molecule has 4 aliphatic heterocycles. The SMILES string of the molecule is CC(=O)N[C@H]1[C@H]([C@H](OC(=O)NCCCCCCNC(=O)c2cc(C(=O)NCCCCCCNC(=O)O[C@@H]([C@@H]3OC(C(=O)O)=C[C@H](N=C(N)N)[C@H]3NC(C)=O)[C@H](O)CO)c(C(=O)NCCCCCCNC(=O)O[C@@H]([C@@H]3OC(C(=O)O)=C[C@H](NC(=N)N)[C@H]3NC(C)=O)[C@H](O)CO)cc2C(=O)NCCCCCCNC(=O)O[C@@H]([C@@H]2OC(C(=O)O)=C[C@H](N=C(N)N)[C@H]2NC(C)=O)[C@H](O)CO)[C@H](O)CO)OC(C(=O)O)=C[C@@H]1N=C(N)N. The molecule has 0 bridgehead atoms. The van der Waals surface area contributed by atoms with Crippen LogP contribution in [0, 0.1) is 5.41 Å². The second-order valence-electron chi connectivity index (χ2n) is 33.6. The van der Waals surface area contributed by atoms with Crippen molar-refractivity contribution < 1.29 is 176 Å². The maximum Gasteiger partial charge on any atom is 0.407 e. The number of aliphatic imine (C=N–C) groups is 3. The summed E-state index contributed by atoms with van der Waals surface area (Å²) in [5.41, 5.74) is 37.5. The Hall–Kier alpha value is -15.1. The molecule has 60 heteroatoms. The number of amides is 12. The topological polar surface area (TPSA) is 989 Å². The molecule has 0 radical (unpaired) electrons. The average Bonchev–Trinajstić information content (AvgIpc) is 0.826. The van der Waals surface area contributed by atoms with E-state index in [9.17, 15) is 138 Å². The smallest absolute Gasteiger partial charge is 0.407 e. The van der Waals surface area contributed by atoms with Crippen LogP contribution in [0.5, 0.6) is 0 Å². The molecule has 40 N–H and O–H groups in total. The molecule has 60 nitrogen and oxygen atoms in total. The van der Waals surface area contributed by atoms with Gasteiger partial charge in [-0.05, 0) is 87.8 Å². The highest BCUT2D eigenvalue weighted by Gasteiger charge is 2.52. The average molecular weight is 2080 g/mol. The number of nitrogens with one attached hydrogen (secondary N) is 14. The minimum absolute atomic E-state index is 0.0926. The fourth-order valence-corrected chi connectivity index (χ4v) is 15.5. The van der Waals surface area contributed by atoms with Crippen LogP contribution in [0.1, 0.15) is 172 Å². The number of alkyl carbamates (subject to hydrolysis) is 4. The third-order valence-electron chi connectivity index (χ3n) is 22.1. The van der Waals surface area contributed by atoms with Crippen molar-refractivity contribution in [3.63, 3.8) is 0 Å². The van der Waals surface area contributed by atoms with E-state index in [1.165, 1.54) is 0 Å². The van der Waals surface area contributed by atoms with Gasteiger partial charge in [-0.3, -0.25) is 43.8 Å². The van der Waals surface area contributed by atoms with Gasteiger partial charge in [0, 0.05) is 80.1 Å². The van der Waals surface area contributed by atoms with Crippen molar-refractivity contribution in [2.75, 3.05) is 78.8 Å². The monoisotopic (exact) mass is 2080 g/mol. The standard InChI is InChI=1S/C86H134N24O36/c1-39(115)103-59-47(107-79(87)88)31-55(75(127)128)139-67(59)63(51(119)35-111)143-83(135)99-25-17-9-5-13-21-95-71(123)43-29-45(73(125)97-23-15-7-11-19-27-101-85(137)145-65(53(121)37-113)69-61(105-41(3)117)49(109-81(91)92)33-57(141-69)77(131)132)46(74(126)98-24-16-8-12-20-28-102-86(138)146-66(54(122)38-114)70-62(106-42(4)118)50(110-82(93)94)34-58(142-70)78(133)134)30-44(43)72(124)96-22-14-6-10-18-26-100-84(136)144-64(52(120)36-112)68-60(104-40(2)116)48(108-80(89)90)32-56(140-68)76(129)130/h29-34,47-54,59-70,111-114,119-122H,5-28,35-38H2,1-4H3,(H,95,123)(H,96,124)(H,97,125)(H,98,126)(H,99,135)(H,100,136)(H,101,137)(H,102,138)(H,103,115)(H,104,116)(H,105,117)(H,106,118)(H,127,128)(H,129,130)(H,131,132)(H,133,134)(H4,87,88,107)(H4,89,90,108)(H4,91,92,109)(H4,93,94,110)/t47-,48-,49-,50-,51+,52+,53+,54+,59+,60+,61+,62+,63+,64+,65+,66+,67+,68+,69+,70+/m0/s1. The van der Waals surface area contributed by atoms with Crippen molar-refractivity contribution in [2.24, 2.45) is 55.1 Å². The van der Waals surface area contributed by atoms with E-state index >= 15 is 0 Å². The number of carboxylic acid groups (broad SMARTS) is 4. The number of benzene rings is 1. The highest BCUT2D eigenvalue weighted by molar-refractivity contribution is 6.14. The summed E-state index contributed by atoms with van der Waals surface area (Å²) in [7, 11) is 0. The van der Waals surface area contributed by atoms with Crippen molar-refractivity contribution in [1.29, 1.82) is 5.41 Å². The molecular weight excluding hydrogens is 1950 g/mol. The Bertz CT molecular complexity index is 4540. The molecule has 0 aliphatic carbocycles. The Labute approximate surface area is 834 Å². The number of guanidine groups is 4. The first-order valence-electron chi connectivity index (χ1n) is 46.3. The molecule has 4 heterocycles. The van der Waals surface area contributed by atoms with Crippen LogP contribution in [-0.4, -0.2) is 381 Å². The van der Waals surface area contributed by atoms with E-state index in [4.69, 9.17) is 83.4 Å². The summed E-state index contributed by atoms with van der Waals surface area (Å²) in [6, 6.07) is -8.69. The molecule has 12 amide bonds. The van der Waals surface area contributed by atoms with Crippen molar-refractivity contribution >= 4 is 119 Å². The lowest BCUT2D eigenvalue weighted by Gasteiger charge is -2.41. The second-order valence-corrected chi connectivity index (χ2v) is 33.6. The summed E-state index contributed by atoms with van der Waals surface area (Å²) < 4.78 is 44.2. The zero-order valence-corrected chi connectivity index (χ0v) is 80.4. The predicted octanol–water partition coefficient (Wildman–Crippen LogP) is -9.09. The fourth-order valence-electron chi connectivity index (χ4n) is 15.5. The molecule has 5 rings (SSSR count). The molecule has 814 valence electrons. The zero-order valence-electron chi connectivity index (χ0n) is 80.4. The lowest BCUT2D eigenvalue weighted by atomic mass is 9.92. The number of hydrogen-bond donors (Lipinski definition) is 33. The van der Waals surface area contributed by atoms with Gasteiger partial charge in [0.25, 0.3) is 23.6 Å². The van der Waals surface area contributed by atoms with Crippen molar-refractivity contribution in [3.8, 4) is 0 Å². The lowest BCUT2D eigenvalue weighted by molar-refractivity contribution is -0.147. The molecule has 20 atom stereocenters. The molecule has 0 unspecified atom stereocenters. The molecule has 0 spiro atoms. The number of hydrogen-bond acceptors (Lipinski definition) is 36. The maximum absolute atomic E-state index is 14.7. The number of nitrogens with two attached hydrogens (primary N) is 7. The van der Waals surface area contributed by atoms with Crippen molar-refractivity contribution in [3.05, 3.63) is 81.7 Å². The Morgan fingerprint density at radius 3 is 0.705 bits per heavy atom. The van der Waals surface area contributed by atoms with Crippen LogP contribution in [0.15, 0.2) is 74.5 Å². The quantitative estimate of drug-likeness (QED) is 0.0125. The normalized spacial score (nSPS) is 20.8. The Balaban J connectivity index is 1.38. The summed E-state index contributed by atoms with van der Waals surface area (Å²) in [6.07, 6.45) is -18.1. The van der Waals surface area contributed by atoms with Crippen LogP contribution in [0.4, 0.5) is 19.2 Å². The van der Waals surface area contributed by atoms with E-state index in [1.807, 2.05) is 0 Å². The molecule has 1 aromatic carbocycles. The van der Waals surface area contributed by atoms with Gasteiger partial charge in [-0.25, -0.2) is 53.3 Å². The van der Waals surface area contributed by atoms with Crippen molar-refractivity contribution in [1.82, 2.24) is 69.1 Å². The van der Waals surface area contributed by atoms with E-state index in [0.717, 1.165) is 64.1 Å². The summed E-state index contributed by atoms with van der Waals surface area (Å²) in [5.74, 6) is -18.3. The largest absolute Gasteiger partial charge is 0.477 e. The molecular formula is C86H134N24O36. The predicted molar refractivity (Wildman–Crippen MR) is 506 cm³/mol. The number of aliphatic carboxylic acids is 4. The van der Waals surface area contributed by atoms with Crippen LogP contribution in [0.25, 0.3) is 0 Å². The molecule has 146 heavy (non-hydrogen) atoms. The number of nitrogens with zero attached hydrogens (tertiary/aromatic N) is 3. The van der Waals surface area contributed by atoms with Crippen LogP contribution in [-0.2, 0) is 76.3 Å². The molecule has 0 saturated carbocycles. The van der Waals surface area contributed by atoms with Crippen LogP contribution < -0.4 is 109 Å². The molecule has 0 fully saturated rings. The highest BCUT2D eigenvalue weighted by Crippen LogP contribution is 2.33. The van der Waals surface area contributed by atoms with Gasteiger partial charge >= 0.3 is 48.3 Å². The maximum atomic E-state index is 14.7. The number of aliphatic hydroxyl groups excluding tert-OH is 8. The Kier molecular flexibility index (Phi) is 51.3.